The molecule has 0 aliphatic carbocycles. The number of hydrogen-bond donors (Lipinski definition) is 1. The van der Waals surface area contributed by atoms with Gasteiger partial charge in [-0.1, -0.05) is 41.4 Å². The van der Waals surface area contributed by atoms with Crippen LogP contribution in [0.2, 0.25) is 10.0 Å². The molecule has 0 aliphatic heterocycles. The Morgan fingerprint density at radius 1 is 1.06 bits per heavy atom. The van der Waals surface area contributed by atoms with Crippen molar-refractivity contribution in [2.75, 3.05) is 12.4 Å². The lowest BCUT2D eigenvalue weighted by Crippen LogP contribution is -2.14. The number of carbonyl (C=O) groups is 1. The van der Waals surface area contributed by atoms with Crippen molar-refractivity contribution < 1.29 is 18.7 Å². The van der Waals surface area contributed by atoms with Gasteiger partial charge in [-0.3, -0.25) is 9.48 Å². The first-order valence-electron chi connectivity index (χ1n) is 10.3. The number of anilines is 1. The molecule has 1 N–H and O–H groups in total. The summed E-state index contributed by atoms with van der Waals surface area (Å²) in [5.74, 6) is 0.642. The highest BCUT2D eigenvalue weighted by molar-refractivity contribution is 6.33. The van der Waals surface area contributed by atoms with E-state index in [0.717, 1.165) is 0 Å². The summed E-state index contributed by atoms with van der Waals surface area (Å²) >= 11 is 12.2. The third-order valence-corrected chi connectivity index (χ3v) is 5.52. The molecule has 1 heterocycles. The van der Waals surface area contributed by atoms with E-state index >= 15 is 0 Å². The molecule has 0 unspecified atom stereocenters. The number of ether oxygens (including phenoxy) is 2. The van der Waals surface area contributed by atoms with Crippen LogP contribution >= 0.6 is 23.2 Å². The number of aromatic nitrogens is 2. The fourth-order valence-corrected chi connectivity index (χ4v) is 3.59. The van der Waals surface area contributed by atoms with Crippen molar-refractivity contribution in [3.63, 3.8) is 0 Å². The normalized spacial score (nSPS) is 10.7. The highest BCUT2D eigenvalue weighted by Crippen LogP contribution is 2.25. The van der Waals surface area contributed by atoms with Crippen LogP contribution in [-0.4, -0.2) is 22.8 Å². The Bertz CT molecular complexity index is 1310. The third-order valence-electron chi connectivity index (χ3n) is 4.99. The van der Waals surface area contributed by atoms with Gasteiger partial charge in [0.25, 0.3) is 5.91 Å². The summed E-state index contributed by atoms with van der Waals surface area (Å²) in [5, 5.41) is 7.83. The van der Waals surface area contributed by atoms with E-state index in [2.05, 4.69) is 10.4 Å². The lowest BCUT2D eigenvalue weighted by Gasteiger charge is -2.12. The summed E-state index contributed by atoms with van der Waals surface area (Å²) in [6.45, 7) is 0.362. The second-order valence-electron chi connectivity index (χ2n) is 7.34. The number of rotatable bonds is 8. The van der Waals surface area contributed by atoms with Crippen molar-refractivity contribution in [2.45, 2.75) is 13.2 Å². The first kappa shape index (κ1) is 23.6. The van der Waals surface area contributed by atoms with Crippen molar-refractivity contribution in [3.8, 4) is 11.5 Å². The summed E-state index contributed by atoms with van der Waals surface area (Å²) in [6, 6.07) is 18.4. The van der Waals surface area contributed by atoms with Crippen molar-refractivity contribution in [3.05, 3.63) is 105 Å². The molecule has 4 aromatic rings. The van der Waals surface area contributed by atoms with E-state index in [1.54, 1.807) is 67.8 Å². The monoisotopic (exact) mass is 499 g/mol. The molecule has 1 amide bonds. The van der Waals surface area contributed by atoms with Gasteiger partial charge in [-0.15, -0.1) is 0 Å². The maximum Gasteiger partial charge on any atom is 0.256 e. The van der Waals surface area contributed by atoms with Crippen LogP contribution in [0.15, 0.2) is 72.9 Å². The molecule has 0 spiro atoms. The Balaban J connectivity index is 1.47. The van der Waals surface area contributed by atoms with Gasteiger partial charge >= 0.3 is 0 Å². The molecule has 0 saturated heterocycles. The van der Waals surface area contributed by atoms with Gasteiger partial charge in [0.15, 0.2) is 5.82 Å². The minimum Gasteiger partial charge on any atom is -0.496 e. The Hall–Kier alpha value is -3.55. The molecule has 0 fully saturated rings. The van der Waals surface area contributed by atoms with Crippen LogP contribution in [0.1, 0.15) is 21.5 Å². The summed E-state index contributed by atoms with van der Waals surface area (Å²) in [4.78, 5) is 12.9. The van der Waals surface area contributed by atoms with Crippen LogP contribution in [0.5, 0.6) is 11.5 Å². The molecule has 6 nitrogen and oxygen atoms in total. The van der Waals surface area contributed by atoms with E-state index < -0.39 is 5.91 Å². The minimum absolute atomic E-state index is 0.178. The molecule has 0 bridgehead atoms. The summed E-state index contributed by atoms with van der Waals surface area (Å²) in [6.07, 6.45) is 1.53. The van der Waals surface area contributed by atoms with Crippen molar-refractivity contribution in [1.82, 2.24) is 9.78 Å². The Morgan fingerprint density at radius 2 is 1.82 bits per heavy atom. The zero-order chi connectivity index (χ0) is 24.1. The standard InChI is InChI=1S/C25H20Cl2FN3O3/c1-33-23-11-6-16(12-18(23)15-34-20-9-7-19(26)8-10-20)25(32)29-24-21(27)14-31(30-24)13-17-4-2-3-5-22(17)28/h2-12,14H,13,15H2,1H3,(H,29,30,32). The molecule has 9 heteroatoms. The maximum atomic E-state index is 13.9. The molecule has 3 aromatic carbocycles. The highest BCUT2D eigenvalue weighted by atomic mass is 35.5. The van der Waals surface area contributed by atoms with Crippen LogP contribution < -0.4 is 14.8 Å². The van der Waals surface area contributed by atoms with Crippen LogP contribution in [-0.2, 0) is 13.2 Å². The number of methoxy groups -OCH3 is 1. The van der Waals surface area contributed by atoms with Gasteiger partial charge in [-0.25, -0.2) is 4.39 Å². The van der Waals surface area contributed by atoms with E-state index in [1.807, 2.05) is 0 Å². The number of nitrogens with one attached hydrogen (secondary N) is 1. The zero-order valence-electron chi connectivity index (χ0n) is 18.1. The molecule has 0 aliphatic rings. The average Bonchev–Trinajstić information content (AvgIpc) is 3.18. The summed E-state index contributed by atoms with van der Waals surface area (Å²) in [5.41, 5.74) is 1.51. The molecule has 1 aromatic heterocycles. The van der Waals surface area contributed by atoms with E-state index in [0.29, 0.717) is 33.2 Å². The lowest BCUT2D eigenvalue weighted by atomic mass is 10.1. The molecular formula is C25H20Cl2FN3O3. The predicted octanol–water partition coefficient (Wildman–Crippen LogP) is 6.22. The predicted molar refractivity (Wildman–Crippen MR) is 129 cm³/mol. The van der Waals surface area contributed by atoms with Crippen LogP contribution in [0.25, 0.3) is 0 Å². The van der Waals surface area contributed by atoms with Crippen molar-refractivity contribution in [1.29, 1.82) is 0 Å². The average molecular weight is 500 g/mol. The summed E-state index contributed by atoms with van der Waals surface area (Å²) < 4.78 is 26.6. The quantitative estimate of drug-likeness (QED) is 0.312. The molecule has 0 radical (unpaired) electrons. The maximum absolute atomic E-state index is 13.9. The number of halogens is 3. The fraction of sp³-hybridized carbons (Fsp3) is 0.120. The van der Waals surface area contributed by atoms with Crippen molar-refractivity contribution in [2.24, 2.45) is 0 Å². The topological polar surface area (TPSA) is 65.4 Å². The van der Waals surface area contributed by atoms with E-state index in [-0.39, 0.29) is 29.8 Å². The lowest BCUT2D eigenvalue weighted by molar-refractivity contribution is 0.102. The van der Waals surface area contributed by atoms with E-state index in [1.165, 1.54) is 16.9 Å². The molecule has 0 atom stereocenters. The first-order valence-corrected chi connectivity index (χ1v) is 11.0. The number of hydrogen-bond acceptors (Lipinski definition) is 4. The van der Waals surface area contributed by atoms with Crippen LogP contribution in [0.4, 0.5) is 10.2 Å². The second-order valence-corrected chi connectivity index (χ2v) is 8.18. The van der Waals surface area contributed by atoms with Crippen LogP contribution in [0, 0.1) is 5.82 Å². The molecular weight excluding hydrogens is 480 g/mol. The molecule has 34 heavy (non-hydrogen) atoms. The van der Waals surface area contributed by atoms with Gasteiger partial charge in [-0.05, 0) is 48.5 Å². The second kappa shape index (κ2) is 10.6. The van der Waals surface area contributed by atoms with Gasteiger partial charge in [0.1, 0.15) is 28.9 Å². The van der Waals surface area contributed by atoms with Gasteiger partial charge in [0.05, 0.1) is 13.7 Å². The van der Waals surface area contributed by atoms with Gasteiger partial charge < -0.3 is 14.8 Å². The van der Waals surface area contributed by atoms with E-state index in [9.17, 15) is 9.18 Å². The largest absolute Gasteiger partial charge is 0.496 e. The Kier molecular flexibility index (Phi) is 7.35. The Labute approximate surface area is 205 Å². The zero-order valence-corrected chi connectivity index (χ0v) is 19.6. The number of nitrogens with zero attached hydrogens (tertiary/aromatic N) is 2. The van der Waals surface area contributed by atoms with Gasteiger partial charge in [-0.2, -0.15) is 5.10 Å². The number of carbonyl (C=O) groups excluding carboxylic acids is 1. The first-order chi connectivity index (χ1) is 16.4. The number of benzene rings is 3. The molecule has 174 valence electrons. The highest BCUT2D eigenvalue weighted by Gasteiger charge is 2.15. The minimum atomic E-state index is -0.409. The van der Waals surface area contributed by atoms with Gasteiger partial charge in [0.2, 0.25) is 0 Å². The smallest absolute Gasteiger partial charge is 0.256 e. The van der Waals surface area contributed by atoms with Gasteiger partial charge in [0, 0.05) is 27.9 Å². The number of amides is 1. The molecule has 4 rings (SSSR count). The molecule has 0 saturated carbocycles. The summed E-state index contributed by atoms with van der Waals surface area (Å²) in [7, 11) is 1.54. The van der Waals surface area contributed by atoms with E-state index in [4.69, 9.17) is 32.7 Å². The SMILES string of the molecule is COc1ccc(C(=O)Nc2nn(Cc3ccccc3F)cc2Cl)cc1COc1ccc(Cl)cc1. The third kappa shape index (κ3) is 5.68. The fourth-order valence-electron chi connectivity index (χ4n) is 3.27. The van der Waals surface area contributed by atoms with Crippen molar-refractivity contribution >= 4 is 34.9 Å². The Morgan fingerprint density at radius 3 is 2.56 bits per heavy atom. The van der Waals surface area contributed by atoms with Crippen LogP contribution in [0.3, 0.4) is 0 Å².